The molecule has 1 saturated heterocycles. The van der Waals surface area contributed by atoms with E-state index < -0.39 is 0 Å². The van der Waals surface area contributed by atoms with Crippen molar-refractivity contribution in [2.24, 2.45) is 5.92 Å². The van der Waals surface area contributed by atoms with Crippen LogP contribution in [0.3, 0.4) is 0 Å². The highest BCUT2D eigenvalue weighted by Gasteiger charge is 2.26. The molecule has 1 aliphatic heterocycles. The van der Waals surface area contributed by atoms with Gasteiger partial charge in [-0.15, -0.1) is 0 Å². The molecule has 1 aliphatic rings. The Labute approximate surface area is 149 Å². The molecule has 0 unspecified atom stereocenters. The molecule has 25 heavy (non-hydrogen) atoms. The molecule has 3 rings (SSSR count). The van der Waals surface area contributed by atoms with E-state index in [-0.39, 0.29) is 11.9 Å². The largest absolute Gasteiger partial charge is 0.466 e. The summed E-state index contributed by atoms with van der Waals surface area (Å²) >= 11 is 0. The molecule has 5 heteroatoms. The number of aryl methyl sites for hydroxylation is 2. The summed E-state index contributed by atoms with van der Waals surface area (Å²) in [6.07, 6.45) is 3.51. The van der Waals surface area contributed by atoms with Crippen LogP contribution in [0.1, 0.15) is 45.0 Å². The lowest BCUT2D eigenvalue weighted by Gasteiger charge is -2.32. The average molecular weight is 341 g/mol. The monoisotopic (exact) mass is 341 g/mol. The van der Waals surface area contributed by atoms with Crippen molar-refractivity contribution in [1.29, 1.82) is 0 Å². The molecule has 1 aromatic carbocycles. The Bertz CT molecular complexity index is 752. The van der Waals surface area contributed by atoms with Crippen LogP contribution in [0.5, 0.6) is 0 Å². The number of rotatable bonds is 5. The number of esters is 1. The maximum atomic E-state index is 11.9. The fraction of sp³-hybridized carbons (Fsp3) is 0.550. The van der Waals surface area contributed by atoms with Crippen LogP contribution in [-0.2, 0) is 22.4 Å². The molecule has 0 amide bonds. The Morgan fingerprint density at radius 3 is 2.32 bits per heavy atom. The molecule has 1 fully saturated rings. The Morgan fingerprint density at radius 1 is 1.08 bits per heavy atom. The fourth-order valence-corrected chi connectivity index (χ4v) is 3.51. The molecule has 0 radical (unpaired) electrons. The first-order valence-electron chi connectivity index (χ1n) is 9.37. The zero-order chi connectivity index (χ0) is 17.8. The molecule has 5 nitrogen and oxygen atoms in total. The lowest BCUT2D eigenvalue weighted by atomic mass is 9.96. The maximum Gasteiger partial charge on any atom is 0.309 e. The van der Waals surface area contributed by atoms with Gasteiger partial charge in [0, 0.05) is 18.8 Å². The van der Waals surface area contributed by atoms with E-state index in [2.05, 4.69) is 36.9 Å². The number of nitrogens with zero attached hydrogens (tertiary/aromatic N) is 3. The summed E-state index contributed by atoms with van der Waals surface area (Å²) < 4.78 is 5.15. The van der Waals surface area contributed by atoms with Crippen LogP contribution in [0, 0.1) is 5.92 Å². The molecule has 134 valence electrons. The fourth-order valence-electron chi connectivity index (χ4n) is 3.51. The number of hydrogen-bond acceptors (Lipinski definition) is 5. The van der Waals surface area contributed by atoms with Crippen LogP contribution in [0.15, 0.2) is 18.2 Å². The Kier molecular flexibility index (Phi) is 5.51. The summed E-state index contributed by atoms with van der Waals surface area (Å²) in [5.74, 6) is -0.0125. The molecule has 1 aromatic heterocycles. The molecule has 0 spiro atoms. The van der Waals surface area contributed by atoms with Crippen molar-refractivity contribution in [3.63, 3.8) is 0 Å². The summed E-state index contributed by atoms with van der Waals surface area (Å²) in [7, 11) is 0. The topological polar surface area (TPSA) is 55.3 Å². The molecule has 0 atom stereocenters. The van der Waals surface area contributed by atoms with E-state index in [1.807, 2.05) is 6.92 Å². The van der Waals surface area contributed by atoms with E-state index in [1.165, 1.54) is 0 Å². The second kappa shape index (κ2) is 7.81. The van der Waals surface area contributed by atoms with Crippen LogP contribution >= 0.6 is 0 Å². The van der Waals surface area contributed by atoms with Crippen molar-refractivity contribution in [2.75, 3.05) is 24.6 Å². The van der Waals surface area contributed by atoms with Crippen molar-refractivity contribution in [1.82, 2.24) is 9.97 Å². The van der Waals surface area contributed by atoms with E-state index in [0.29, 0.717) is 6.61 Å². The molecule has 0 saturated carbocycles. The van der Waals surface area contributed by atoms with Crippen LogP contribution < -0.4 is 4.90 Å². The second-order valence-corrected chi connectivity index (χ2v) is 6.51. The Hall–Kier alpha value is -2.17. The Balaban J connectivity index is 1.77. The minimum Gasteiger partial charge on any atom is -0.466 e. The van der Waals surface area contributed by atoms with Crippen molar-refractivity contribution in [3.8, 4) is 0 Å². The minimum atomic E-state index is -0.0498. The smallest absolute Gasteiger partial charge is 0.309 e. The molecule has 2 aromatic rings. The number of anilines is 1. The molecular weight excluding hydrogens is 314 g/mol. The standard InChI is InChI=1S/C20H27N3O2/c1-4-16-17(5-2)22-19-13-15(7-8-18(19)21-16)23-11-9-14(10-12-23)20(24)25-6-3/h7-8,13-14H,4-6,9-12H2,1-3H3. The van der Waals surface area contributed by atoms with Gasteiger partial charge in [0.1, 0.15) is 0 Å². The van der Waals surface area contributed by atoms with Gasteiger partial charge in [-0.2, -0.15) is 0 Å². The summed E-state index contributed by atoms with van der Waals surface area (Å²) in [6.45, 7) is 8.31. The third-order valence-electron chi connectivity index (χ3n) is 4.95. The summed E-state index contributed by atoms with van der Waals surface area (Å²) in [4.78, 5) is 23.8. The number of carbonyl (C=O) groups is 1. The first kappa shape index (κ1) is 17.6. The quantitative estimate of drug-likeness (QED) is 0.779. The number of piperidine rings is 1. The van der Waals surface area contributed by atoms with Crippen molar-refractivity contribution in [3.05, 3.63) is 29.6 Å². The zero-order valence-electron chi connectivity index (χ0n) is 15.4. The van der Waals surface area contributed by atoms with Gasteiger partial charge in [0.05, 0.1) is 34.9 Å². The number of aromatic nitrogens is 2. The molecule has 2 heterocycles. The van der Waals surface area contributed by atoms with Gasteiger partial charge in [-0.25, -0.2) is 9.97 Å². The normalized spacial score (nSPS) is 15.6. The van der Waals surface area contributed by atoms with Gasteiger partial charge < -0.3 is 9.64 Å². The van der Waals surface area contributed by atoms with Gasteiger partial charge in [0.15, 0.2) is 0 Å². The van der Waals surface area contributed by atoms with E-state index in [1.54, 1.807) is 0 Å². The van der Waals surface area contributed by atoms with Crippen LogP contribution in [0.4, 0.5) is 5.69 Å². The van der Waals surface area contributed by atoms with Crippen LogP contribution in [-0.4, -0.2) is 35.6 Å². The SMILES string of the molecule is CCOC(=O)C1CCN(c2ccc3nc(CC)c(CC)nc3c2)CC1. The van der Waals surface area contributed by atoms with Gasteiger partial charge in [-0.3, -0.25) is 4.79 Å². The van der Waals surface area contributed by atoms with E-state index in [0.717, 1.165) is 66.9 Å². The van der Waals surface area contributed by atoms with Crippen LogP contribution in [0.25, 0.3) is 11.0 Å². The van der Waals surface area contributed by atoms with Gasteiger partial charge in [-0.1, -0.05) is 13.8 Å². The number of hydrogen-bond donors (Lipinski definition) is 0. The Morgan fingerprint density at radius 2 is 1.72 bits per heavy atom. The van der Waals surface area contributed by atoms with Gasteiger partial charge in [-0.05, 0) is 50.8 Å². The van der Waals surface area contributed by atoms with Gasteiger partial charge in [0.25, 0.3) is 0 Å². The maximum absolute atomic E-state index is 11.9. The average Bonchev–Trinajstić information content (AvgIpc) is 2.66. The first-order valence-corrected chi connectivity index (χ1v) is 9.37. The van der Waals surface area contributed by atoms with E-state index in [9.17, 15) is 4.79 Å². The van der Waals surface area contributed by atoms with Crippen molar-refractivity contribution >= 4 is 22.7 Å². The number of benzene rings is 1. The second-order valence-electron chi connectivity index (χ2n) is 6.51. The molecular formula is C20H27N3O2. The highest BCUT2D eigenvalue weighted by atomic mass is 16.5. The minimum absolute atomic E-state index is 0.0373. The third kappa shape index (κ3) is 3.75. The summed E-state index contributed by atoms with van der Waals surface area (Å²) in [6, 6.07) is 6.31. The molecule has 0 aliphatic carbocycles. The van der Waals surface area contributed by atoms with E-state index >= 15 is 0 Å². The number of carbonyl (C=O) groups excluding carboxylic acids is 1. The predicted molar refractivity (Wildman–Crippen MR) is 99.9 cm³/mol. The van der Waals surface area contributed by atoms with Crippen molar-refractivity contribution < 1.29 is 9.53 Å². The third-order valence-corrected chi connectivity index (χ3v) is 4.95. The number of fused-ring (bicyclic) bond motifs is 1. The van der Waals surface area contributed by atoms with Crippen molar-refractivity contribution in [2.45, 2.75) is 46.5 Å². The zero-order valence-corrected chi connectivity index (χ0v) is 15.4. The highest BCUT2D eigenvalue weighted by molar-refractivity contribution is 5.79. The summed E-state index contributed by atoms with van der Waals surface area (Å²) in [5.41, 5.74) is 5.26. The summed E-state index contributed by atoms with van der Waals surface area (Å²) in [5, 5.41) is 0. The first-order chi connectivity index (χ1) is 12.2. The molecule has 0 bridgehead atoms. The lowest BCUT2D eigenvalue weighted by molar-refractivity contribution is -0.148. The number of ether oxygens (including phenoxy) is 1. The predicted octanol–water partition coefficient (Wildman–Crippen LogP) is 3.53. The van der Waals surface area contributed by atoms with E-state index in [4.69, 9.17) is 14.7 Å². The van der Waals surface area contributed by atoms with Gasteiger partial charge >= 0.3 is 5.97 Å². The molecule has 0 N–H and O–H groups in total. The van der Waals surface area contributed by atoms with Gasteiger partial charge in [0.2, 0.25) is 0 Å². The van der Waals surface area contributed by atoms with Crippen LogP contribution in [0.2, 0.25) is 0 Å². The lowest BCUT2D eigenvalue weighted by Crippen LogP contribution is -2.36. The highest BCUT2D eigenvalue weighted by Crippen LogP contribution is 2.26.